The van der Waals surface area contributed by atoms with E-state index in [1.807, 2.05) is 24.3 Å². The third-order valence-corrected chi connectivity index (χ3v) is 7.22. The summed E-state index contributed by atoms with van der Waals surface area (Å²) in [5, 5.41) is 2.81. The Hall–Kier alpha value is -3.72. The van der Waals surface area contributed by atoms with Crippen molar-refractivity contribution in [3.63, 3.8) is 0 Å². The van der Waals surface area contributed by atoms with Gasteiger partial charge in [0.2, 0.25) is 5.91 Å². The van der Waals surface area contributed by atoms with E-state index in [1.54, 1.807) is 50.4 Å². The molecule has 0 radical (unpaired) electrons. The second-order valence-corrected chi connectivity index (χ2v) is 9.64. The van der Waals surface area contributed by atoms with Crippen LogP contribution >= 0.6 is 0 Å². The van der Waals surface area contributed by atoms with Gasteiger partial charge in [0, 0.05) is 6.54 Å². The number of methoxy groups -OCH3 is 3. The van der Waals surface area contributed by atoms with Gasteiger partial charge >= 0.3 is 0 Å². The minimum Gasteiger partial charge on any atom is -0.497 e. The number of carbonyl (C=O) groups excluding carboxylic acids is 1. The molecule has 3 aromatic rings. The number of nitrogens with one attached hydrogen (secondary N) is 1. The maximum absolute atomic E-state index is 13.7. The van der Waals surface area contributed by atoms with E-state index in [1.165, 1.54) is 20.3 Å². The molecule has 9 heteroatoms. The van der Waals surface area contributed by atoms with Gasteiger partial charge in [-0.1, -0.05) is 18.2 Å². The van der Waals surface area contributed by atoms with Crippen molar-refractivity contribution >= 4 is 21.6 Å². The molecule has 3 rings (SSSR count). The second kappa shape index (κ2) is 11.6. The van der Waals surface area contributed by atoms with Crippen LogP contribution < -0.4 is 23.8 Å². The van der Waals surface area contributed by atoms with E-state index < -0.39 is 22.5 Å². The third kappa shape index (κ3) is 6.45. The summed E-state index contributed by atoms with van der Waals surface area (Å²) in [6.07, 6.45) is 0.594. The first kappa shape index (κ1) is 25.9. The Bertz CT molecular complexity index is 1240. The highest BCUT2D eigenvalue weighted by Gasteiger charge is 2.30. The number of benzene rings is 3. The predicted molar refractivity (Wildman–Crippen MR) is 135 cm³/mol. The molecule has 0 bridgehead atoms. The molecule has 186 valence electrons. The Morgan fingerprint density at radius 3 is 2.03 bits per heavy atom. The zero-order chi connectivity index (χ0) is 25.4. The summed E-state index contributed by atoms with van der Waals surface area (Å²) in [4.78, 5) is 12.8. The van der Waals surface area contributed by atoms with E-state index >= 15 is 0 Å². The van der Waals surface area contributed by atoms with Crippen LogP contribution in [0.1, 0.15) is 11.1 Å². The zero-order valence-corrected chi connectivity index (χ0v) is 21.1. The summed E-state index contributed by atoms with van der Waals surface area (Å²) in [6.45, 7) is 1.76. The summed E-state index contributed by atoms with van der Waals surface area (Å²) in [6, 6.07) is 18.9. The number of hydrogen-bond donors (Lipinski definition) is 1. The fourth-order valence-electron chi connectivity index (χ4n) is 3.49. The Balaban J connectivity index is 1.83. The van der Waals surface area contributed by atoms with Gasteiger partial charge in [0.05, 0.1) is 27.0 Å². The molecule has 0 aromatic heterocycles. The first-order chi connectivity index (χ1) is 16.8. The molecular weight excluding hydrogens is 468 g/mol. The van der Waals surface area contributed by atoms with E-state index in [9.17, 15) is 13.2 Å². The average molecular weight is 499 g/mol. The van der Waals surface area contributed by atoms with Crippen LogP contribution in [0.25, 0.3) is 0 Å². The predicted octanol–water partition coefficient (Wildman–Crippen LogP) is 3.58. The summed E-state index contributed by atoms with van der Waals surface area (Å²) in [5.74, 6) is 1.10. The molecule has 0 spiro atoms. The van der Waals surface area contributed by atoms with Gasteiger partial charge in [-0.25, -0.2) is 8.42 Å². The first-order valence-electron chi connectivity index (χ1n) is 11.0. The quantitative estimate of drug-likeness (QED) is 0.434. The van der Waals surface area contributed by atoms with Crippen molar-refractivity contribution in [2.75, 3.05) is 38.7 Å². The minimum atomic E-state index is -4.13. The van der Waals surface area contributed by atoms with Crippen molar-refractivity contribution in [1.29, 1.82) is 0 Å². The third-order valence-electron chi connectivity index (χ3n) is 5.43. The largest absolute Gasteiger partial charge is 0.497 e. The summed E-state index contributed by atoms with van der Waals surface area (Å²) in [5.41, 5.74) is 2.11. The smallest absolute Gasteiger partial charge is 0.268 e. The van der Waals surface area contributed by atoms with Crippen LogP contribution in [0.3, 0.4) is 0 Å². The number of sulfonamides is 1. The van der Waals surface area contributed by atoms with Crippen LogP contribution in [0, 0.1) is 6.92 Å². The van der Waals surface area contributed by atoms with E-state index in [0.717, 1.165) is 21.2 Å². The lowest BCUT2D eigenvalue weighted by Crippen LogP contribution is -2.41. The van der Waals surface area contributed by atoms with Gasteiger partial charge < -0.3 is 19.5 Å². The molecule has 8 nitrogen and oxygen atoms in total. The summed E-state index contributed by atoms with van der Waals surface area (Å²) < 4.78 is 44.2. The van der Waals surface area contributed by atoms with Crippen molar-refractivity contribution in [2.24, 2.45) is 0 Å². The Morgan fingerprint density at radius 1 is 0.857 bits per heavy atom. The Labute approximate surface area is 206 Å². The lowest BCUT2D eigenvalue weighted by Gasteiger charge is -2.25. The van der Waals surface area contributed by atoms with Crippen molar-refractivity contribution in [2.45, 2.75) is 18.2 Å². The van der Waals surface area contributed by atoms with Crippen molar-refractivity contribution in [3.05, 3.63) is 77.9 Å². The molecule has 0 fully saturated rings. The maximum atomic E-state index is 13.7. The van der Waals surface area contributed by atoms with Gasteiger partial charge in [0.25, 0.3) is 10.0 Å². The summed E-state index contributed by atoms with van der Waals surface area (Å²) in [7, 11) is 0.410. The van der Waals surface area contributed by atoms with Gasteiger partial charge in [0.15, 0.2) is 0 Å². The number of rotatable bonds is 11. The van der Waals surface area contributed by atoms with E-state index in [2.05, 4.69) is 5.32 Å². The number of nitrogens with zero attached hydrogens (tertiary/aromatic N) is 1. The molecule has 35 heavy (non-hydrogen) atoms. The SMILES string of the molecule is COc1ccc(CCNC(=O)CN(c2ccc(OC)cc2)S(=O)(=O)c2cc(C)ccc2OC)cc1. The van der Waals surface area contributed by atoms with Crippen LogP contribution in [0.5, 0.6) is 17.2 Å². The molecule has 0 aliphatic rings. The highest BCUT2D eigenvalue weighted by molar-refractivity contribution is 7.93. The normalized spacial score (nSPS) is 11.0. The number of amides is 1. The number of ether oxygens (including phenoxy) is 3. The van der Waals surface area contributed by atoms with Gasteiger partial charge in [-0.05, 0) is 73.0 Å². The van der Waals surface area contributed by atoms with Crippen molar-refractivity contribution in [3.8, 4) is 17.2 Å². The molecule has 3 aromatic carbocycles. The van der Waals surface area contributed by atoms with Gasteiger partial charge in [0.1, 0.15) is 28.7 Å². The molecule has 0 aliphatic heterocycles. The topological polar surface area (TPSA) is 94.2 Å². The molecule has 0 heterocycles. The molecule has 0 atom stereocenters. The molecule has 0 aliphatic carbocycles. The van der Waals surface area contributed by atoms with Crippen molar-refractivity contribution in [1.82, 2.24) is 5.32 Å². The highest BCUT2D eigenvalue weighted by atomic mass is 32.2. The average Bonchev–Trinajstić information content (AvgIpc) is 2.87. The van der Waals surface area contributed by atoms with Gasteiger partial charge in [-0.2, -0.15) is 0 Å². The number of carbonyl (C=O) groups is 1. The van der Waals surface area contributed by atoms with E-state index in [4.69, 9.17) is 14.2 Å². The molecule has 0 unspecified atom stereocenters. The zero-order valence-electron chi connectivity index (χ0n) is 20.3. The van der Waals surface area contributed by atoms with Crippen LogP contribution in [0.15, 0.2) is 71.6 Å². The van der Waals surface area contributed by atoms with Gasteiger partial charge in [-0.15, -0.1) is 0 Å². The van der Waals surface area contributed by atoms with Crippen LogP contribution in [-0.2, 0) is 21.2 Å². The fourth-order valence-corrected chi connectivity index (χ4v) is 5.16. The highest BCUT2D eigenvalue weighted by Crippen LogP contribution is 2.31. The monoisotopic (exact) mass is 498 g/mol. The van der Waals surface area contributed by atoms with Crippen LogP contribution in [-0.4, -0.2) is 48.7 Å². The minimum absolute atomic E-state index is 0.0122. The number of aryl methyl sites for hydroxylation is 1. The maximum Gasteiger partial charge on any atom is 0.268 e. The summed E-state index contributed by atoms with van der Waals surface area (Å²) >= 11 is 0. The second-order valence-electron chi connectivity index (χ2n) is 7.81. The molecule has 1 amide bonds. The lowest BCUT2D eigenvalue weighted by molar-refractivity contribution is -0.119. The lowest BCUT2D eigenvalue weighted by atomic mass is 10.1. The number of anilines is 1. The van der Waals surface area contributed by atoms with Gasteiger partial charge in [-0.3, -0.25) is 9.10 Å². The molecule has 0 saturated heterocycles. The fraction of sp³-hybridized carbons (Fsp3) is 0.269. The van der Waals surface area contributed by atoms with Crippen LogP contribution in [0.4, 0.5) is 5.69 Å². The molecular formula is C26H30N2O6S. The van der Waals surface area contributed by atoms with E-state index in [0.29, 0.717) is 24.4 Å². The number of hydrogen-bond acceptors (Lipinski definition) is 6. The molecule has 1 N–H and O–H groups in total. The van der Waals surface area contributed by atoms with E-state index in [-0.39, 0.29) is 10.6 Å². The Kier molecular flexibility index (Phi) is 8.59. The van der Waals surface area contributed by atoms with Crippen LogP contribution in [0.2, 0.25) is 0 Å². The van der Waals surface area contributed by atoms with Crippen molar-refractivity contribution < 1.29 is 27.4 Å². The first-order valence-corrected chi connectivity index (χ1v) is 12.4. The Morgan fingerprint density at radius 2 is 1.46 bits per heavy atom. The standard InChI is InChI=1S/C26H30N2O6S/c1-19-5-14-24(34-4)25(17-19)35(30,31)28(21-8-12-23(33-3)13-9-21)18-26(29)27-16-15-20-6-10-22(32-2)11-7-20/h5-14,17H,15-16,18H2,1-4H3,(H,27,29). The molecule has 0 saturated carbocycles.